The van der Waals surface area contributed by atoms with E-state index >= 15 is 0 Å². The van der Waals surface area contributed by atoms with Gasteiger partial charge in [0.05, 0.1) is 12.1 Å². The normalized spacial score (nSPS) is 27.4. The summed E-state index contributed by atoms with van der Waals surface area (Å²) in [7, 11) is 0. The predicted octanol–water partition coefficient (Wildman–Crippen LogP) is 1.84. The van der Waals surface area contributed by atoms with Crippen molar-refractivity contribution in [3.05, 3.63) is 0 Å². The maximum atomic E-state index is 12.3. The molecule has 0 aromatic heterocycles. The number of hydrogen-bond acceptors (Lipinski definition) is 3. The first-order valence-electron chi connectivity index (χ1n) is 7.95. The van der Waals surface area contributed by atoms with Crippen molar-refractivity contribution >= 4 is 12.0 Å². The average molecular weight is 298 g/mol. The number of ether oxygens (including phenoxy) is 1. The second-order valence-corrected chi connectivity index (χ2v) is 6.18. The minimum atomic E-state index is -0.761. The van der Waals surface area contributed by atoms with Crippen LogP contribution in [0.15, 0.2) is 0 Å². The van der Waals surface area contributed by atoms with E-state index in [9.17, 15) is 9.59 Å². The number of likely N-dealkylation sites (tertiary alicyclic amines) is 1. The highest BCUT2D eigenvalue weighted by Gasteiger charge is 2.28. The molecule has 2 fully saturated rings. The lowest BCUT2D eigenvalue weighted by molar-refractivity contribution is -0.137. The lowest BCUT2D eigenvalue weighted by Crippen LogP contribution is -2.50. The predicted molar refractivity (Wildman–Crippen MR) is 78.1 cm³/mol. The van der Waals surface area contributed by atoms with Gasteiger partial charge in [0.15, 0.2) is 0 Å². The molecule has 2 saturated heterocycles. The third kappa shape index (κ3) is 4.88. The molecule has 2 heterocycles. The van der Waals surface area contributed by atoms with Gasteiger partial charge in [0.25, 0.3) is 0 Å². The van der Waals surface area contributed by atoms with Crippen LogP contribution in [0.2, 0.25) is 0 Å². The number of amides is 2. The van der Waals surface area contributed by atoms with Crippen LogP contribution in [0.5, 0.6) is 0 Å². The van der Waals surface area contributed by atoms with E-state index in [1.165, 1.54) is 0 Å². The molecule has 120 valence electrons. The van der Waals surface area contributed by atoms with E-state index in [1.807, 2.05) is 11.8 Å². The Balaban J connectivity index is 1.76. The number of carbonyl (C=O) groups is 2. The Labute approximate surface area is 125 Å². The minimum absolute atomic E-state index is 0.0272. The summed E-state index contributed by atoms with van der Waals surface area (Å²) in [6.45, 7) is 4.19. The molecular weight excluding hydrogens is 272 g/mol. The van der Waals surface area contributed by atoms with Gasteiger partial charge in [-0.3, -0.25) is 4.79 Å². The van der Waals surface area contributed by atoms with E-state index in [0.29, 0.717) is 18.9 Å². The molecule has 0 aromatic carbocycles. The van der Waals surface area contributed by atoms with E-state index in [4.69, 9.17) is 9.84 Å². The van der Waals surface area contributed by atoms with Crippen LogP contribution in [0.1, 0.15) is 45.4 Å². The zero-order valence-electron chi connectivity index (χ0n) is 12.7. The molecule has 0 aliphatic carbocycles. The molecule has 0 aromatic rings. The Morgan fingerprint density at radius 2 is 2.19 bits per heavy atom. The van der Waals surface area contributed by atoms with Crippen LogP contribution in [-0.4, -0.2) is 53.8 Å². The first-order chi connectivity index (χ1) is 10.1. The third-order valence-electron chi connectivity index (χ3n) is 4.45. The molecule has 2 aliphatic heterocycles. The minimum Gasteiger partial charge on any atom is -0.481 e. The molecule has 2 N–H and O–H groups in total. The van der Waals surface area contributed by atoms with Crippen LogP contribution in [0.4, 0.5) is 4.79 Å². The van der Waals surface area contributed by atoms with Crippen molar-refractivity contribution in [2.45, 2.75) is 57.6 Å². The van der Waals surface area contributed by atoms with Crippen molar-refractivity contribution in [3.8, 4) is 0 Å². The number of carbonyl (C=O) groups excluding carboxylic acids is 1. The molecule has 6 heteroatoms. The number of aliphatic carboxylic acids is 1. The Bertz CT molecular complexity index is 369. The van der Waals surface area contributed by atoms with Gasteiger partial charge in [-0.25, -0.2) is 4.79 Å². The Morgan fingerprint density at radius 3 is 2.86 bits per heavy atom. The first kappa shape index (κ1) is 16.1. The fraction of sp³-hybridized carbons (Fsp3) is 0.867. The number of urea groups is 1. The smallest absolute Gasteiger partial charge is 0.317 e. The number of carboxylic acid groups (broad SMARTS) is 1. The molecule has 2 amide bonds. The molecule has 6 nitrogen and oxygen atoms in total. The molecule has 3 unspecified atom stereocenters. The SMILES string of the molecule is CC(NC(=O)N1CCCC(CCC(=O)O)C1)C1CCCO1. The molecule has 21 heavy (non-hydrogen) atoms. The van der Waals surface area contributed by atoms with Gasteiger partial charge in [-0.15, -0.1) is 0 Å². The summed E-state index contributed by atoms with van der Waals surface area (Å²) in [4.78, 5) is 24.8. The van der Waals surface area contributed by atoms with Gasteiger partial charge < -0.3 is 20.1 Å². The Kier molecular flexibility index (Phi) is 5.85. The summed E-state index contributed by atoms with van der Waals surface area (Å²) in [5.74, 6) is -0.456. The number of nitrogens with one attached hydrogen (secondary N) is 1. The molecule has 0 radical (unpaired) electrons. The Morgan fingerprint density at radius 1 is 1.38 bits per heavy atom. The lowest BCUT2D eigenvalue weighted by Gasteiger charge is -2.34. The maximum absolute atomic E-state index is 12.3. The van der Waals surface area contributed by atoms with E-state index in [2.05, 4.69) is 5.32 Å². The monoisotopic (exact) mass is 298 g/mol. The zero-order chi connectivity index (χ0) is 15.2. The van der Waals surface area contributed by atoms with E-state index in [0.717, 1.165) is 38.8 Å². The molecule has 2 aliphatic rings. The van der Waals surface area contributed by atoms with Crippen molar-refractivity contribution < 1.29 is 19.4 Å². The van der Waals surface area contributed by atoms with Gasteiger partial charge in [-0.05, 0) is 44.9 Å². The van der Waals surface area contributed by atoms with Gasteiger partial charge >= 0.3 is 12.0 Å². The van der Waals surface area contributed by atoms with Crippen LogP contribution in [0, 0.1) is 5.92 Å². The third-order valence-corrected chi connectivity index (χ3v) is 4.45. The second kappa shape index (κ2) is 7.64. The van der Waals surface area contributed by atoms with Gasteiger partial charge in [0, 0.05) is 26.1 Å². The summed E-state index contributed by atoms with van der Waals surface area (Å²) in [5.41, 5.74) is 0. The number of hydrogen-bond donors (Lipinski definition) is 2. The van der Waals surface area contributed by atoms with Crippen molar-refractivity contribution in [2.24, 2.45) is 5.92 Å². The molecular formula is C15H26N2O4. The van der Waals surface area contributed by atoms with E-state index in [-0.39, 0.29) is 24.6 Å². The molecule has 0 saturated carbocycles. The summed E-state index contributed by atoms with van der Waals surface area (Å²) in [5, 5.41) is 11.8. The van der Waals surface area contributed by atoms with Crippen LogP contribution >= 0.6 is 0 Å². The molecule has 0 bridgehead atoms. The lowest BCUT2D eigenvalue weighted by atomic mass is 9.93. The topological polar surface area (TPSA) is 78.9 Å². The molecule has 3 atom stereocenters. The largest absolute Gasteiger partial charge is 0.481 e. The highest BCUT2D eigenvalue weighted by molar-refractivity contribution is 5.74. The fourth-order valence-corrected chi connectivity index (χ4v) is 3.19. The number of carboxylic acids is 1. The van der Waals surface area contributed by atoms with Gasteiger partial charge in [-0.1, -0.05) is 0 Å². The quantitative estimate of drug-likeness (QED) is 0.811. The van der Waals surface area contributed by atoms with Crippen LogP contribution < -0.4 is 5.32 Å². The number of rotatable bonds is 5. The molecule has 2 rings (SSSR count). The van der Waals surface area contributed by atoms with E-state index < -0.39 is 5.97 Å². The summed E-state index contributed by atoms with van der Waals surface area (Å²) in [6.07, 6.45) is 4.99. The number of nitrogens with zero attached hydrogens (tertiary/aromatic N) is 1. The Hall–Kier alpha value is -1.30. The first-order valence-corrected chi connectivity index (χ1v) is 7.95. The zero-order valence-corrected chi connectivity index (χ0v) is 12.7. The standard InChI is InChI=1S/C15H26N2O4/c1-11(13-5-3-9-21-13)16-15(20)17-8-2-4-12(10-17)6-7-14(18)19/h11-13H,2-10H2,1H3,(H,16,20)(H,18,19). The number of piperidine rings is 1. The van der Waals surface area contributed by atoms with Crippen molar-refractivity contribution in [2.75, 3.05) is 19.7 Å². The van der Waals surface area contributed by atoms with Crippen LogP contribution in [-0.2, 0) is 9.53 Å². The summed E-state index contributed by atoms with van der Waals surface area (Å²) in [6, 6.07) is -0.0163. The van der Waals surface area contributed by atoms with Gasteiger partial charge in [0.2, 0.25) is 0 Å². The van der Waals surface area contributed by atoms with Crippen molar-refractivity contribution in [1.29, 1.82) is 0 Å². The second-order valence-electron chi connectivity index (χ2n) is 6.18. The van der Waals surface area contributed by atoms with Crippen molar-refractivity contribution in [3.63, 3.8) is 0 Å². The highest BCUT2D eigenvalue weighted by Crippen LogP contribution is 2.21. The maximum Gasteiger partial charge on any atom is 0.317 e. The highest BCUT2D eigenvalue weighted by atomic mass is 16.5. The van der Waals surface area contributed by atoms with Gasteiger partial charge in [-0.2, -0.15) is 0 Å². The van der Waals surface area contributed by atoms with Gasteiger partial charge in [0.1, 0.15) is 0 Å². The average Bonchev–Trinajstić information content (AvgIpc) is 2.99. The van der Waals surface area contributed by atoms with Crippen molar-refractivity contribution in [1.82, 2.24) is 10.2 Å². The van der Waals surface area contributed by atoms with Crippen LogP contribution in [0.3, 0.4) is 0 Å². The summed E-state index contributed by atoms with van der Waals surface area (Å²) >= 11 is 0. The van der Waals surface area contributed by atoms with Crippen LogP contribution in [0.25, 0.3) is 0 Å². The fourth-order valence-electron chi connectivity index (χ4n) is 3.19. The molecule has 0 spiro atoms. The van der Waals surface area contributed by atoms with E-state index in [1.54, 1.807) is 0 Å². The summed E-state index contributed by atoms with van der Waals surface area (Å²) < 4.78 is 5.59.